The van der Waals surface area contributed by atoms with Crippen molar-refractivity contribution in [2.45, 2.75) is 25.2 Å². The van der Waals surface area contributed by atoms with Crippen LogP contribution in [0, 0.1) is 11.7 Å². The van der Waals surface area contributed by atoms with E-state index in [9.17, 15) is 22.4 Å². The van der Waals surface area contributed by atoms with Gasteiger partial charge in [-0.15, -0.1) is 0 Å². The molecule has 172 valence electrons. The molecule has 0 saturated heterocycles. The lowest BCUT2D eigenvalue weighted by molar-refractivity contribution is -0.122. The Kier molecular flexibility index (Phi) is 9.10. The summed E-state index contributed by atoms with van der Waals surface area (Å²) >= 11 is 0. The van der Waals surface area contributed by atoms with Gasteiger partial charge in [0, 0.05) is 25.7 Å². The van der Waals surface area contributed by atoms with Crippen LogP contribution in [0.25, 0.3) is 6.08 Å². The zero-order valence-electron chi connectivity index (χ0n) is 18.1. The molecule has 32 heavy (non-hydrogen) atoms. The van der Waals surface area contributed by atoms with Crippen molar-refractivity contribution in [1.82, 2.24) is 9.62 Å². The summed E-state index contributed by atoms with van der Waals surface area (Å²) in [5.41, 5.74) is 6.81. The summed E-state index contributed by atoms with van der Waals surface area (Å²) < 4.78 is 39.4. The highest BCUT2D eigenvalue weighted by Crippen LogP contribution is 2.17. The highest BCUT2D eigenvalue weighted by Gasteiger charge is 2.21. The number of hydrogen-bond acceptors (Lipinski definition) is 4. The first-order valence-electron chi connectivity index (χ1n) is 10.3. The van der Waals surface area contributed by atoms with Crippen molar-refractivity contribution in [2.24, 2.45) is 11.7 Å². The van der Waals surface area contributed by atoms with E-state index in [1.807, 2.05) is 0 Å². The summed E-state index contributed by atoms with van der Waals surface area (Å²) in [5, 5.41) is 2.63. The predicted octanol–water partition coefficient (Wildman–Crippen LogP) is 2.33. The molecule has 0 heterocycles. The molecular weight excluding hydrogens is 433 g/mol. The van der Waals surface area contributed by atoms with Gasteiger partial charge in [0.25, 0.3) is 0 Å². The van der Waals surface area contributed by atoms with E-state index in [4.69, 9.17) is 5.73 Å². The Morgan fingerprint density at radius 3 is 2.19 bits per heavy atom. The van der Waals surface area contributed by atoms with Crippen LogP contribution in [0.2, 0.25) is 0 Å². The van der Waals surface area contributed by atoms with E-state index in [1.165, 1.54) is 34.6 Å². The molecule has 0 aliphatic heterocycles. The number of nitrogens with two attached hydrogens (primary N) is 1. The second-order valence-electron chi connectivity index (χ2n) is 7.17. The fourth-order valence-electron chi connectivity index (χ4n) is 3.10. The normalized spacial score (nSPS) is 12.8. The Bertz CT molecular complexity index is 1050. The Labute approximate surface area is 188 Å². The molecule has 0 fully saturated rings. The van der Waals surface area contributed by atoms with Gasteiger partial charge in [-0.1, -0.05) is 38.1 Å². The number of carbonyl (C=O) groups excluding carboxylic acids is 2. The van der Waals surface area contributed by atoms with Crippen LogP contribution in [-0.2, 0) is 26.0 Å². The molecule has 2 amide bonds. The number of carbonyl (C=O) groups is 2. The summed E-state index contributed by atoms with van der Waals surface area (Å²) in [6, 6.07) is 11.9. The van der Waals surface area contributed by atoms with Crippen molar-refractivity contribution in [3.63, 3.8) is 0 Å². The number of amides is 2. The van der Waals surface area contributed by atoms with Gasteiger partial charge in [0.05, 0.1) is 10.8 Å². The van der Waals surface area contributed by atoms with Gasteiger partial charge in [0.15, 0.2) is 0 Å². The summed E-state index contributed by atoms with van der Waals surface area (Å²) in [6.45, 7) is 4.36. The molecule has 1 atom stereocenters. The molecule has 0 spiro atoms. The van der Waals surface area contributed by atoms with E-state index in [0.717, 1.165) is 5.56 Å². The molecule has 2 rings (SSSR count). The largest absolute Gasteiger partial charge is 0.369 e. The molecular formula is C23H28FN3O4S. The zero-order chi connectivity index (χ0) is 23.7. The van der Waals surface area contributed by atoms with E-state index in [2.05, 4.69) is 5.32 Å². The lowest BCUT2D eigenvalue weighted by Gasteiger charge is -2.18. The van der Waals surface area contributed by atoms with Crippen LogP contribution in [0.4, 0.5) is 4.39 Å². The molecule has 0 bridgehead atoms. The Balaban J connectivity index is 1.96. The summed E-state index contributed by atoms with van der Waals surface area (Å²) in [4.78, 5) is 24.0. The fourth-order valence-corrected chi connectivity index (χ4v) is 4.55. The third-order valence-corrected chi connectivity index (χ3v) is 7.03. The minimum absolute atomic E-state index is 0.0386. The average molecular weight is 462 g/mol. The predicted molar refractivity (Wildman–Crippen MR) is 121 cm³/mol. The van der Waals surface area contributed by atoms with Gasteiger partial charge in [-0.25, -0.2) is 12.8 Å². The van der Waals surface area contributed by atoms with E-state index in [-0.39, 0.29) is 23.7 Å². The number of nitrogens with zero attached hydrogens (tertiary/aromatic N) is 1. The quantitative estimate of drug-likeness (QED) is 0.501. The maximum atomic E-state index is 13.0. The van der Waals surface area contributed by atoms with Crippen LogP contribution >= 0.6 is 0 Å². The van der Waals surface area contributed by atoms with E-state index >= 15 is 0 Å². The Morgan fingerprint density at radius 1 is 1.06 bits per heavy atom. The molecule has 0 aliphatic carbocycles. The van der Waals surface area contributed by atoms with Crippen molar-refractivity contribution in [2.75, 3.05) is 19.6 Å². The molecule has 2 aromatic rings. The van der Waals surface area contributed by atoms with E-state index in [0.29, 0.717) is 18.7 Å². The molecule has 7 nitrogen and oxygen atoms in total. The first-order valence-corrected chi connectivity index (χ1v) is 11.7. The van der Waals surface area contributed by atoms with Gasteiger partial charge < -0.3 is 11.1 Å². The number of primary amides is 1. The molecule has 0 saturated carbocycles. The molecule has 0 aromatic heterocycles. The SMILES string of the molecule is CCN(CC)S(=O)(=O)c1ccc(/C=C/C(=O)NCC(Cc2ccc(F)cc2)C(N)=O)cc1. The number of halogens is 1. The first kappa shape index (κ1) is 25.2. The van der Waals surface area contributed by atoms with Crippen LogP contribution < -0.4 is 11.1 Å². The number of hydrogen-bond donors (Lipinski definition) is 2. The minimum atomic E-state index is -3.54. The van der Waals surface area contributed by atoms with Crippen molar-refractivity contribution in [3.8, 4) is 0 Å². The van der Waals surface area contributed by atoms with Crippen LogP contribution in [0.15, 0.2) is 59.5 Å². The lowest BCUT2D eigenvalue weighted by atomic mass is 9.98. The highest BCUT2D eigenvalue weighted by molar-refractivity contribution is 7.89. The van der Waals surface area contributed by atoms with Gasteiger partial charge in [-0.05, 0) is 47.9 Å². The van der Waals surface area contributed by atoms with Crippen LogP contribution in [0.1, 0.15) is 25.0 Å². The average Bonchev–Trinajstić information content (AvgIpc) is 2.77. The minimum Gasteiger partial charge on any atom is -0.369 e. The highest BCUT2D eigenvalue weighted by atomic mass is 32.2. The topological polar surface area (TPSA) is 110 Å². The summed E-state index contributed by atoms with van der Waals surface area (Å²) in [7, 11) is -3.54. The van der Waals surface area contributed by atoms with Crippen LogP contribution in [0.3, 0.4) is 0 Å². The number of sulfonamides is 1. The number of nitrogens with one attached hydrogen (secondary N) is 1. The van der Waals surface area contributed by atoms with Crippen molar-refractivity contribution in [3.05, 3.63) is 71.6 Å². The third kappa shape index (κ3) is 7.00. The lowest BCUT2D eigenvalue weighted by Crippen LogP contribution is -2.36. The van der Waals surface area contributed by atoms with Gasteiger partial charge in [-0.2, -0.15) is 4.31 Å². The number of benzene rings is 2. The summed E-state index contributed by atoms with van der Waals surface area (Å²) in [5.74, 6) is -2.00. The Morgan fingerprint density at radius 2 is 1.66 bits per heavy atom. The van der Waals surface area contributed by atoms with Gasteiger partial charge in [-0.3, -0.25) is 9.59 Å². The zero-order valence-corrected chi connectivity index (χ0v) is 18.9. The molecule has 0 radical (unpaired) electrons. The second kappa shape index (κ2) is 11.5. The fraction of sp³-hybridized carbons (Fsp3) is 0.304. The number of rotatable bonds is 11. The standard InChI is InChI=1S/C23H28FN3O4S/c1-3-27(4-2)32(30,31)21-12-7-17(8-13-21)9-14-22(28)26-16-19(23(25)29)15-18-5-10-20(24)11-6-18/h5-14,19H,3-4,15-16H2,1-2H3,(H2,25,29)(H,26,28)/b14-9+. The van der Waals surface area contributed by atoms with Crippen LogP contribution in [-0.4, -0.2) is 44.2 Å². The molecule has 2 aromatic carbocycles. The van der Waals surface area contributed by atoms with E-state index in [1.54, 1.807) is 44.2 Å². The van der Waals surface area contributed by atoms with Gasteiger partial charge in [0.2, 0.25) is 21.8 Å². The Hall–Kier alpha value is -3.04. The van der Waals surface area contributed by atoms with Crippen molar-refractivity contribution < 1.29 is 22.4 Å². The van der Waals surface area contributed by atoms with Crippen molar-refractivity contribution in [1.29, 1.82) is 0 Å². The molecule has 1 unspecified atom stereocenters. The monoisotopic (exact) mass is 461 g/mol. The van der Waals surface area contributed by atoms with Gasteiger partial charge >= 0.3 is 0 Å². The summed E-state index contributed by atoms with van der Waals surface area (Å²) in [6.07, 6.45) is 3.12. The maximum Gasteiger partial charge on any atom is 0.244 e. The van der Waals surface area contributed by atoms with Crippen molar-refractivity contribution >= 4 is 27.9 Å². The molecule has 9 heteroatoms. The third-order valence-electron chi connectivity index (χ3n) is 4.97. The molecule has 0 aliphatic rings. The smallest absolute Gasteiger partial charge is 0.244 e. The van der Waals surface area contributed by atoms with Crippen LogP contribution in [0.5, 0.6) is 0 Å². The van der Waals surface area contributed by atoms with Gasteiger partial charge in [0.1, 0.15) is 5.82 Å². The first-order chi connectivity index (χ1) is 15.2. The molecule has 3 N–H and O–H groups in total. The second-order valence-corrected chi connectivity index (χ2v) is 9.10. The maximum absolute atomic E-state index is 13.0. The van der Waals surface area contributed by atoms with E-state index < -0.39 is 27.8 Å².